The summed E-state index contributed by atoms with van der Waals surface area (Å²) in [6, 6.07) is 8.68. The van der Waals surface area contributed by atoms with Crippen molar-refractivity contribution in [3.8, 4) is 0 Å². The Hall–Kier alpha value is -1.04. The molecule has 0 aliphatic carbocycles. The maximum atomic E-state index is 6.12. The number of anilines is 1. The van der Waals surface area contributed by atoms with Gasteiger partial charge in [-0.25, -0.2) is 0 Å². The summed E-state index contributed by atoms with van der Waals surface area (Å²) in [4.78, 5) is 2.48. The molecule has 3 aliphatic heterocycles. The first-order valence-corrected chi connectivity index (χ1v) is 8.64. The van der Waals surface area contributed by atoms with Gasteiger partial charge in [0.15, 0.2) is 0 Å². The molecule has 4 rings (SSSR count). The summed E-state index contributed by atoms with van der Waals surface area (Å²) < 4.78 is 17.8. The highest BCUT2D eigenvalue weighted by molar-refractivity contribution is 6.62. The van der Waals surface area contributed by atoms with Crippen molar-refractivity contribution in [3.05, 3.63) is 24.3 Å². The molecular weight excluding hydrogens is 289 g/mol. The lowest BCUT2D eigenvalue weighted by Crippen LogP contribution is -2.41. The van der Waals surface area contributed by atoms with Crippen molar-refractivity contribution in [2.24, 2.45) is 11.8 Å². The molecule has 3 saturated heterocycles. The summed E-state index contributed by atoms with van der Waals surface area (Å²) in [5.41, 5.74) is 1.81. The van der Waals surface area contributed by atoms with Crippen molar-refractivity contribution >= 4 is 18.3 Å². The van der Waals surface area contributed by atoms with E-state index in [1.807, 2.05) is 0 Å². The van der Waals surface area contributed by atoms with Gasteiger partial charge in [0.1, 0.15) is 0 Å². The largest absolute Gasteiger partial charge is 0.494 e. The van der Waals surface area contributed by atoms with Crippen LogP contribution in [0.15, 0.2) is 24.3 Å². The maximum absolute atomic E-state index is 6.12. The number of hydrogen-bond donors (Lipinski definition) is 0. The predicted molar refractivity (Wildman–Crippen MR) is 92.2 cm³/mol. The van der Waals surface area contributed by atoms with Crippen molar-refractivity contribution in [1.29, 1.82) is 0 Å². The van der Waals surface area contributed by atoms with Crippen LogP contribution in [0.4, 0.5) is 5.69 Å². The zero-order chi connectivity index (χ0) is 16.2. The van der Waals surface area contributed by atoms with E-state index in [0.29, 0.717) is 11.8 Å². The van der Waals surface area contributed by atoms with Gasteiger partial charge in [-0.3, -0.25) is 0 Å². The fourth-order valence-corrected chi connectivity index (χ4v) is 3.72. The number of fused-ring (bicyclic) bond motifs is 1. The Morgan fingerprint density at radius 3 is 1.96 bits per heavy atom. The van der Waals surface area contributed by atoms with Gasteiger partial charge in [0.05, 0.1) is 24.4 Å². The van der Waals surface area contributed by atoms with Crippen molar-refractivity contribution in [2.45, 2.75) is 38.9 Å². The molecule has 0 radical (unpaired) electrons. The second kappa shape index (κ2) is 5.23. The van der Waals surface area contributed by atoms with Gasteiger partial charge in [-0.2, -0.15) is 0 Å². The lowest BCUT2D eigenvalue weighted by Gasteiger charge is -2.32. The minimum atomic E-state index is -0.289. The van der Waals surface area contributed by atoms with Crippen molar-refractivity contribution in [1.82, 2.24) is 0 Å². The smallest absolute Gasteiger partial charge is 0.399 e. The molecule has 4 nitrogen and oxygen atoms in total. The van der Waals surface area contributed by atoms with Gasteiger partial charge in [0, 0.05) is 30.6 Å². The molecule has 0 amide bonds. The van der Waals surface area contributed by atoms with Crippen LogP contribution in [-0.4, -0.2) is 44.6 Å². The van der Waals surface area contributed by atoms with Crippen LogP contribution >= 0.6 is 0 Å². The van der Waals surface area contributed by atoms with E-state index in [1.165, 1.54) is 5.69 Å². The highest BCUT2D eigenvalue weighted by atomic mass is 16.7. The van der Waals surface area contributed by atoms with Gasteiger partial charge in [-0.05, 0) is 45.3 Å². The topological polar surface area (TPSA) is 30.9 Å². The summed E-state index contributed by atoms with van der Waals surface area (Å²) in [5.74, 6) is 1.41. The van der Waals surface area contributed by atoms with Crippen LogP contribution in [0.2, 0.25) is 0 Å². The van der Waals surface area contributed by atoms with E-state index in [9.17, 15) is 0 Å². The third kappa shape index (κ3) is 2.59. The third-order valence-electron chi connectivity index (χ3n) is 6.02. The van der Waals surface area contributed by atoms with E-state index in [2.05, 4.69) is 56.9 Å². The molecule has 23 heavy (non-hydrogen) atoms. The first kappa shape index (κ1) is 15.5. The summed E-state index contributed by atoms with van der Waals surface area (Å²) in [7, 11) is -0.277. The highest BCUT2D eigenvalue weighted by Gasteiger charge is 2.51. The zero-order valence-corrected chi connectivity index (χ0v) is 14.5. The van der Waals surface area contributed by atoms with Crippen molar-refractivity contribution in [3.63, 3.8) is 0 Å². The monoisotopic (exact) mass is 315 g/mol. The number of ether oxygens (including phenoxy) is 1. The van der Waals surface area contributed by atoms with Gasteiger partial charge in [0.2, 0.25) is 0 Å². The Labute approximate surface area is 139 Å². The SMILES string of the molecule is CC1(C)OB(c2ccc(N3C[C@H]4COC[C@H]4C3)cc2)OC1(C)C. The van der Waals surface area contributed by atoms with Gasteiger partial charge >= 0.3 is 7.12 Å². The molecule has 124 valence electrons. The Morgan fingerprint density at radius 1 is 0.913 bits per heavy atom. The Kier molecular flexibility index (Phi) is 3.52. The summed E-state index contributed by atoms with van der Waals surface area (Å²) >= 11 is 0. The second-order valence-electron chi connectivity index (χ2n) is 8.14. The standard InChI is InChI=1S/C18H26BNO3/c1-17(2)18(3,4)23-19(22-17)15-5-7-16(8-6-15)20-9-13-11-21-12-14(13)10-20/h5-8,13-14H,9-12H2,1-4H3/t13-,14+. The van der Waals surface area contributed by atoms with Crippen LogP contribution < -0.4 is 10.4 Å². The van der Waals surface area contributed by atoms with Crippen LogP contribution in [0.1, 0.15) is 27.7 Å². The summed E-state index contributed by atoms with van der Waals surface area (Å²) in [6.45, 7) is 12.4. The lowest BCUT2D eigenvalue weighted by molar-refractivity contribution is 0.00578. The zero-order valence-electron chi connectivity index (χ0n) is 14.5. The van der Waals surface area contributed by atoms with Gasteiger partial charge in [-0.1, -0.05) is 12.1 Å². The van der Waals surface area contributed by atoms with Crippen molar-refractivity contribution in [2.75, 3.05) is 31.2 Å². The molecule has 0 saturated carbocycles. The van der Waals surface area contributed by atoms with E-state index >= 15 is 0 Å². The number of hydrogen-bond acceptors (Lipinski definition) is 4. The number of rotatable bonds is 2. The summed E-state index contributed by atoms with van der Waals surface area (Å²) in [5, 5.41) is 0. The Bertz CT molecular complexity index is 558. The first-order chi connectivity index (χ1) is 10.9. The first-order valence-electron chi connectivity index (χ1n) is 8.64. The Morgan fingerprint density at radius 2 is 1.43 bits per heavy atom. The minimum Gasteiger partial charge on any atom is -0.399 e. The van der Waals surface area contributed by atoms with Crippen LogP contribution in [0.5, 0.6) is 0 Å². The average Bonchev–Trinajstić information content (AvgIpc) is 3.12. The highest BCUT2D eigenvalue weighted by Crippen LogP contribution is 2.37. The molecular formula is C18H26BNO3. The van der Waals surface area contributed by atoms with Crippen LogP contribution in [0.3, 0.4) is 0 Å². The lowest BCUT2D eigenvalue weighted by atomic mass is 9.79. The van der Waals surface area contributed by atoms with Crippen LogP contribution in [-0.2, 0) is 14.0 Å². The summed E-state index contributed by atoms with van der Waals surface area (Å²) in [6.07, 6.45) is 0. The van der Waals surface area contributed by atoms with E-state index in [1.54, 1.807) is 0 Å². The van der Waals surface area contributed by atoms with E-state index in [-0.39, 0.29) is 18.3 Å². The fourth-order valence-electron chi connectivity index (χ4n) is 3.72. The van der Waals surface area contributed by atoms with Gasteiger partial charge in [0.25, 0.3) is 0 Å². The quantitative estimate of drug-likeness (QED) is 0.782. The number of nitrogens with zero attached hydrogens (tertiary/aromatic N) is 1. The molecule has 3 fully saturated rings. The molecule has 5 heteroatoms. The van der Waals surface area contributed by atoms with E-state index in [0.717, 1.165) is 31.8 Å². The molecule has 3 aliphatic rings. The molecule has 0 spiro atoms. The van der Waals surface area contributed by atoms with Crippen molar-refractivity contribution < 1.29 is 14.0 Å². The molecule has 0 bridgehead atoms. The Balaban J connectivity index is 1.47. The number of benzene rings is 1. The average molecular weight is 315 g/mol. The van der Waals surface area contributed by atoms with Gasteiger partial charge < -0.3 is 18.9 Å². The molecule has 0 unspecified atom stereocenters. The molecule has 1 aromatic rings. The minimum absolute atomic E-state index is 0.277. The molecule has 2 atom stereocenters. The molecule has 0 aromatic heterocycles. The maximum Gasteiger partial charge on any atom is 0.494 e. The van der Waals surface area contributed by atoms with Crippen LogP contribution in [0, 0.1) is 11.8 Å². The fraction of sp³-hybridized carbons (Fsp3) is 0.667. The van der Waals surface area contributed by atoms with E-state index < -0.39 is 0 Å². The van der Waals surface area contributed by atoms with Gasteiger partial charge in [-0.15, -0.1) is 0 Å². The normalized spacial score (nSPS) is 31.7. The van der Waals surface area contributed by atoms with E-state index in [4.69, 9.17) is 14.0 Å². The third-order valence-corrected chi connectivity index (χ3v) is 6.02. The molecule has 0 N–H and O–H groups in total. The van der Waals surface area contributed by atoms with Crippen LogP contribution in [0.25, 0.3) is 0 Å². The molecule has 3 heterocycles. The second-order valence-corrected chi connectivity index (χ2v) is 8.14. The predicted octanol–water partition coefficient (Wildman–Crippen LogP) is 2.07. The molecule has 1 aromatic carbocycles.